The molecular formula is C14H15N3O3. The Labute approximate surface area is 116 Å². The van der Waals surface area contributed by atoms with Gasteiger partial charge in [0.1, 0.15) is 0 Å². The Morgan fingerprint density at radius 3 is 2.60 bits per heavy atom. The van der Waals surface area contributed by atoms with Gasteiger partial charge in [-0.15, -0.1) is 0 Å². The van der Waals surface area contributed by atoms with Gasteiger partial charge in [-0.3, -0.25) is 14.9 Å². The number of benzene rings is 1. The molecule has 0 bridgehead atoms. The zero-order valence-electron chi connectivity index (χ0n) is 11.4. The number of nitro groups is 1. The van der Waals surface area contributed by atoms with Crippen molar-refractivity contribution < 1.29 is 9.72 Å². The standard InChI is InChI=1S/C14H15N3O3/c1-3-11-8-12(4-2)16(15-11)13-5-6-14(17(19)20)10(7-13)9-18/h5-9H,3-4H2,1-2H3. The fraction of sp³-hybridized carbons (Fsp3) is 0.286. The summed E-state index contributed by atoms with van der Waals surface area (Å²) in [5, 5.41) is 15.3. The summed E-state index contributed by atoms with van der Waals surface area (Å²) >= 11 is 0. The number of nitrogens with zero attached hydrogens (tertiary/aromatic N) is 3. The molecule has 20 heavy (non-hydrogen) atoms. The quantitative estimate of drug-likeness (QED) is 0.476. The number of aryl methyl sites for hydroxylation is 2. The molecule has 0 fully saturated rings. The van der Waals surface area contributed by atoms with E-state index in [0.717, 1.165) is 24.2 Å². The maximum absolute atomic E-state index is 11.0. The van der Waals surface area contributed by atoms with Crippen LogP contribution in [-0.4, -0.2) is 21.0 Å². The van der Waals surface area contributed by atoms with Crippen LogP contribution in [0.2, 0.25) is 0 Å². The van der Waals surface area contributed by atoms with Crippen LogP contribution in [0.4, 0.5) is 5.69 Å². The van der Waals surface area contributed by atoms with E-state index in [9.17, 15) is 14.9 Å². The predicted octanol–water partition coefficient (Wildman–Crippen LogP) is 2.72. The van der Waals surface area contributed by atoms with Crippen LogP contribution in [0, 0.1) is 10.1 Å². The molecule has 1 heterocycles. The van der Waals surface area contributed by atoms with E-state index < -0.39 is 4.92 Å². The van der Waals surface area contributed by atoms with Crippen LogP contribution >= 0.6 is 0 Å². The summed E-state index contributed by atoms with van der Waals surface area (Å²) in [6.45, 7) is 4.03. The highest BCUT2D eigenvalue weighted by molar-refractivity contribution is 5.82. The number of carbonyl (C=O) groups is 1. The average molecular weight is 273 g/mol. The Morgan fingerprint density at radius 2 is 2.05 bits per heavy atom. The van der Waals surface area contributed by atoms with Crippen molar-refractivity contribution in [3.8, 4) is 5.69 Å². The molecule has 0 radical (unpaired) electrons. The molecule has 1 aromatic carbocycles. The first-order valence-corrected chi connectivity index (χ1v) is 6.42. The van der Waals surface area contributed by atoms with Crippen molar-refractivity contribution >= 4 is 12.0 Å². The molecule has 0 amide bonds. The van der Waals surface area contributed by atoms with E-state index in [1.165, 1.54) is 12.1 Å². The van der Waals surface area contributed by atoms with E-state index in [1.54, 1.807) is 10.7 Å². The van der Waals surface area contributed by atoms with Gasteiger partial charge < -0.3 is 0 Å². The van der Waals surface area contributed by atoms with Crippen molar-refractivity contribution in [1.29, 1.82) is 0 Å². The zero-order chi connectivity index (χ0) is 14.7. The number of carbonyl (C=O) groups excluding carboxylic acids is 1. The molecule has 0 aliphatic rings. The van der Waals surface area contributed by atoms with Gasteiger partial charge in [0.25, 0.3) is 5.69 Å². The number of hydrogen-bond acceptors (Lipinski definition) is 4. The van der Waals surface area contributed by atoms with Crippen LogP contribution in [0.25, 0.3) is 5.69 Å². The molecule has 0 saturated carbocycles. The van der Waals surface area contributed by atoms with E-state index in [1.807, 2.05) is 19.9 Å². The van der Waals surface area contributed by atoms with E-state index in [4.69, 9.17) is 0 Å². The van der Waals surface area contributed by atoms with Crippen molar-refractivity contribution in [3.63, 3.8) is 0 Å². The van der Waals surface area contributed by atoms with Crippen molar-refractivity contribution in [3.05, 3.63) is 51.3 Å². The van der Waals surface area contributed by atoms with Gasteiger partial charge in [0, 0.05) is 11.8 Å². The molecule has 6 heteroatoms. The molecule has 1 aromatic heterocycles. The highest BCUT2D eigenvalue weighted by atomic mass is 16.6. The number of aldehydes is 1. The van der Waals surface area contributed by atoms with Crippen LogP contribution in [0.15, 0.2) is 24.3 Å². The molecule has 0 spiro atoms. The summed E-state index contributed by atoms with van der Waals surface area (Å²) in [5.74, 6) is 0. The van der Waals surface area contributed by atoms with Crippen LogP contribution < -0.4 is 0 Å². The number of rotatable bonds is 5. The van der Waals surface area contributed by atoms with Gasteiger partial charge in [-0.05, 0) is 31.0 Å². The van der Waals surface area contributed by atoms with Gasteiger partial charge in [-0.2, -0.15) is 5.10 Å². The molecule has 0 N–H and O–H groups in total. The fourth-order valence-corrected chi connectivity index (χ4v) is 2.06. The highest BCUT2D eigenvalue weighted by Crippen LogP contribution is 2.22. The summed E-state index contributed by atoms with van der Waals surface area (Å²) in [7, 11) is 0. The van der Waals surface area contributed by atoms with Crippen LogP contribution in [-0.2, 0) is 12.8 Å². The van der Waals surface area contributed by atoms with Gasteiger partial charge in [-0.1, -0.05) is 13.8 Å². The monoisotopic (exact) mass is 273 g/mol. The summed E-state index contributed by atoms with van der Waals surface area (Å²) in [6.07, 6.45) is 2.10. The van der Waals surface area contributed by atoms with Gasteiger partial charge in [0.2, 0.25) is 0 Å². The van der Waals surface area contributed by atoms with Gasteiger partial charge >= 0.3 is 0 Å². The molecule has 0 unspecified atom stereocenters. The third-order valence-electron chi connectivity index (χ3n) is 3.14. The smallest absolute Gasteiger partial charge is 0.280 e. The Hall–Kier alpha value is -2.50. The first-order valence-electron chi connectivity index (χ1n) is 6.42. The Morgan fingerprint density at radius 1 is 1.30 bits per heavy atom. The Bertz CT molecular complexity index is 662. The van der Waals surface area contributed by atoms with Crippen LogP contribution in [0.3, 0.4) is 0 Å². The Balaban J connectivity index is 2.55. The molecule has 104 valence electrons. The molecule has 2 aromatic rings. The predicted molar refractivity (Wildman–Crippen MR) is 74.4 cm³/mol. The van der Waals surface area contributed by atoms with Gasteiger partial charge in [0.15, 0.2) is 6.29 Å². The highest BCUT2D eigenvalue weighted by Gasteiger charge is 2.15. The fourth-order valence-electron chi connectivity index (χ4n) is 2.06. The normalized spacial score (nSPS) is 10.5. The van der Waals surface area contributed by atoms with E-state index in [2.05, 4.69) is 5.10 Å². The van der Waals surface area contributed by atoms with Gasteiger partial charge in [-0.25, -0.2) is 4.68 Å². The molecule has 0 atom stereocenters. The van der Waals surface area contributed by atoms with Crippen molar-refractivity contribution in [1.82, 2.24) is 9.78 Å². The lowest BCUT2D eigenvalue weighted by Gasteiger charge is -2.06. The minimum absolute atomic E-state index is 0.0584. The average Bonchev–Trinajstić information content (AvgIpc) is 2.89. The summed E-state index contributed by atoms with van der Waals surface area (Å²) in [4.78, 5) is 21.3. The van der Waals surface area contributed by atoms with E-state index in [0.29, 0.717) is 12.0 Å². The first-order chi connectivity index (χ1) is 9.60. The zero-order valence-corrected chi connectivity index (χ0v) is 11.4. The minimum Gasteiger partial charge on any atom is -0.298 e. The molecule has 6 nitrogen and oxygen atoms in total. The Kier molecular flexibility index (Phi) is 3.93. The largest absolute Gasteiger partial charge is 0.298 e. The van der Waals surface area contributed by atoms with Crippen LogP contribution in [0.5, 0.6) is 0 Å². The maximum atomic E-state index is 11.0. The first kappa shape index (κ1) is 13.9. The maximum Gasteiger partial charge on any atom is 0.280 e. The lowest BCUT2D eigenvalue weighted by atomic mass is 10.1. The molecule has 0 saturated heterocycles. The van der Waals surface area contributed by atoms with Gasteiger partial charge in [0.05, 0.1) is 21.9 Å². The lowest BCUT2D eigenvalue weighted by molar-refractivity contribution is -0.385. The number of nitro benzene ring substituents is 1. The van der Waals surface area contributed by atoms with E-state index >= 15 is 0 Å². The second kappa shape index (κ2) is 5.64. The molecule has 2 rings (SSSR count). The minimum atomic E-state index is -0.561. The molecular weight excluding hydrogens is 258 g/mol. The lowest BCUT2D eigenvalue weighted by Crippen LogP contribution is -2.03. The van der Waals surface area contributed by atoms with Crippen LogP contribution in [0.1, 0.15) is 35.6 Å². The van der Waals surface area contributed by atoms with Crippen molar-refractivity contribution in [2.75, 3.05) is 0 Å². The SMILES string of the molecule is CCc1cc(CC)n(-c2ccc([N+](=O)[O-])c(C=O)c2)n1. The third kappa shape index (κ3) is 2.45. The third-order valence-corrected chi connectivity index (χ3v) is 3.14. The summed E-state index contributed by atoms with van der Waals surface area (Å²) in [5.41, 5.74) is 2.49. The topological polar surface area (TPSA) is 78.0 Å². The summed E-state index contributed by atoms with van der Waals surface area (Å²) in [6, 6.07) is 6.45. The number of aromatic nitrogens is 2. The molecule has 0 aliphatic heterocycles. The van der Waals surface area contributed by atoms with E-state index in [-0.39, 0.29) is 11.3 Å². The number of hydrogen-bond donors (Lipinski definition) is 0. The second-order valence-electron chi connectivity index (χ2n) is 4.36. The summed E-state index contributed by atoms with van der Waals surface area (Å²) < 4.78 is 1.73. The second-order valence-corrected chi connectivity index (χ2v) is 4.36. The van der Waals surface area contributed by atoms with Crippen molar-refractivity contribution in [2.45, 2.75) is 26.7 Å². The molecule has 0 aliphatic carbocycles. The van der Waals surface area contributed by atoms with Crippen molar-refractivity contribution in [2.24, 2.45) is 0 Å².